The molecule has 1 aliphatic rings. The summed E-state index contributed by atoms with van der Waals surface area (Å²) in [6.07, 6.45) is 5.03. The Balaban J connectivity index is 2.09. The molecule has 1 aromatic heterocycles. The highest BCUT2D eigenvalue weighted by atomic mass is 35.5. The molecule has 0 N–H and O–H groups in total. The summed E-state index contributed by atoms with van der Waals surface area (Å²) in [6, 6.07) is 3.32. The van der Waals surface area contributed by atoms with Crippen molar-refractivity contribution in [2.75, 3.05) is 13.1 Å². The highest BCUT2D eigenvalue weighted by Crippen LogP contribution is 2.21. The summed E-state index contributed by atoms with van der Waals surface area (Å²) in [5.74, 6) is 0.637. The predicted octanol–water partition coefficient (Wildman–Crippen LogP) is 3.00. The third-order valence-electron chi connectivity index (χ3n) is 3.32. The van der Waals surface area contributed by atoms with Crippen LogP contribution < -0.4 is 0 Å². The van der Waals surface area contributed by atoms with Crippen molar-refractivity contribution < 1.29 is 4.79 Å². The van der Waals surface area contributed by atoms with Crippen molar-refractivity contribution in [3.63, 3.8) is 0 Å². The normalized spacial score (nSPS) is 20.4. The highest BCUT2D eigenvalue weighted by molar-refractivity contribution is 6.30. The van der Waals surface area contributed by atoms with Crippen molar-refractivity contribution in [2.45, 2.75) is 26.2 Å². The molecule has 1 aromatic rings. The second kappa shape index (κ2) is 5.50. The number of hydrogen-bond acceptors (Lipinski definition) is 2. The Kier molecular flexibility index (Phi) is 4.00. The lowest BCUT2D eigenvalue weighted by atomic mass is 9.95. The number of aromatic nitrogens is 1. The van der Waals surface area contributed by atoms with Gasteiger partial charge in [0, 0.05) is 24.3 Å². The molecular weight excluding hydrogens is 236 g/mol. The maximum absolute atomic E-state index is 12.2. The van der Waals surface area contributed by atoms with E-state index in [1.54, 1.807) is 18.3 Å². The minimum atomic E-state index is 0.00523. The van der Waals surface area contributed by atoms with Crippen molar-refractivity contribution in [1.82, 2.24) is 9.88 Å². The van der Waals surface area contributed by atoms with Gasteiger partial charge in [-0.15, -0.1) is 0 Å². The molecule has 1 unspecified atom stereocenters. The molecule has 4 heteroatoms. The molecular formula is C13H17ClN2O. The lowest BCUT2D eigenvalue weighted by molar-refractivity contribution is 0.0665. The molecule has 0 aromatic carbocycles. The van der Waals surface area contributed by atoms with Gasteiger partial charge in [-0.3, -0.25) is 9.78 Å². The number of rotatable bonds is 2. The largest absolute Gasteiger partial charge is 0.337 e. The summed E-state index contributed by atoms with van der Waals surface area (Å²) in [7, 11) is 0. The molecule has 1 atom stereocenters. The van der Waals surface area contributed by atoms with Crippen LogP contribution in [0, 0.1) is 5.92 Å². The predicted molar refractivity (Wildman–Crippen MR) is 68.2 cm³/mol. The lowest BCUT2D eigenvalue weighted by Crippen LogP contribution is -2.40. The van der Waals surface area contributed by atoms with Crippen molar-refractivity contribution in [1.29, 1.82) is 0 Å². The molecule has 92 valence electrons. The van der Waals surface area contributed by atoms with Gasteiger partial charge >= 0.3 is 0 Å². The number of halogens is 1. The van der Waals surface area contributed by atoms with Crippen molar-refractivity contribution >= 4 is 17.5 Å². The minimum absolute atomic E-state index is 0.00523. The first-order valence-electron chi connectivity index (χ1n) is 6.11. The zero-order valence-corrected chi connectivity index (χ0v) is 10.8. The van der Waals surface area contributed by atoms with E-state index in [9.17, 15) is 4.79 Å². The molecule has 3 nitrogen and oxygen atoms in total. The highest BCUT2D eigenvalue weighted by Gasteiger charge is 2.24. The number of nitrogens with zero attached hydrogens (tertiary/aromatic N) is 2. The fourth-order valence-electron chi connectivity index (χ4n) is 2.27. The second-order valence-corrected chi connectivity index (χ2v) is 4.96. The third kappa shape index (κ3) is 2.97. The quantitative estimate of drug-likeness (QED) is 0.811. The topological polar surface area (TPSA) is 33.2 Å². The summed E-state index contributed by atoms with van der Waals surface area (Å²) >= 11 is 5.87. The van der Waals surface area contributed by atoms with Crippen LogP contribution in [-0.2, 0) is 0 Å². The number of carbonyl (C=O) groups excluding carboxylic acids is 1. The molecule has 1 amide bonds. The number of likely N-dealkylation sites (tertiary alicyclic amines) is 1. The molecule has 17 heavy (non-hydrogen) atoms. The number of carbonyl (C=O) groups is 1. The van der Waals surface area contributed by atoms with E-state index in [0.717, 1.165) is 25.9 Å². The molecule has 0 spiro atoms. The van der Waals surface area contributed by atoms with Gasteiger partial charge in [-0.2, -0.15) is 0 Å². The first-order chi connectivity index (χ1) is 8.20. The van der Waals surface area contributed by atoms with Gasteiger partial charge in [-0.25, -0.2) is 0 Å². The van der Waals surface area contributed by atoms with Crippen LogP contribution in [0.2, 0.25) is 5.02 Å². The van der Waals surface area contributed by atoms with Gasteiger partial charge in [-0.05, 0) is 30.9 Å². The van der Waals surface area contributed by atoms with Gasteiger partial charge in [0.05, 0.1) is 0 Å². The summed E-state index contributed by atoms with van der Waals surface area (Å²) in [4.78, 5) is 18.2. The van der Waals surface area contributed by atoms with Crippen molar-refractivity contribution in [3.8, 4) is 0 Å². The van der Waals surface area contributed by atoms with E-state index < -0.39 is 0 Å². The minimum Gasteiger partial charge on any atom is -0.337 e. The van der Waals surface area contributed by atoms with Crippen LogP contribution in [0.3, 0.4) is 0 Å². The lowest BCUT2D eigenvalue weighted by Gasteiger charge is -2.32. The average Bonchev–Trinajstić information content (AvgIpc) is 2.38. The van der Waals surface area contributed by atoms with Crippen LogP contribution in [-0.4, -0.2) is 28.9 Å². The van der Waals surface area contributed by atoms with Gasteiger partial charge in [0.1, 0.15) is 5.69 Å². The zero-order chi connectivity index (χ0) is 12.3. The summed E-state index contributed by atoms with van der Waals surface area (Å²) in [5, 5.41) is 0.562. The first kappa shape index (κ1) is 12.4. The maximum atomic E-state index is 12.2. The summed E-state index contributed by atoms with van der Waals surface area (Å²) in [5.41, 5.74) is 0.453. The van der Waals surface area contributed by atoms with Gasteiger partial charge in [0.2, 0.25) is 0 Å². The number of hydrogen-bond donors (Lipinski definition) is 0. The smallest absolute Gasteiger partial charge is 0.272 e. The number of pyridine rings is 1. The van der Waals surface area contributed by atoms with E-state index >= 15 is 0 Å². The fourth-order valence-corrected chi connectivity index (χ4v) is 2.43. The monoisotopic (exact) mass is 252 g/mol. The Hall–Kier alpha value is -1.09. The zero-order valence-electron chi connectivity index (χ0n) is 10.0. The molecule has 2 rings (SSSR count). The van der Waals surface area contributed by atoms with E-state index in [-0.39, 0.29) is 5.91 Å². The Morgan fingerprint density at radius 2 is 2.47 bits per heavy atom. The summed E-state index contributed by atoms with van der Waals surface area (Å²) in [6.45, 7) is 3.86. The van der Waals surface area contributed by atoms with Crippen LogP contribution >= 0.6 is 11.6 Å². The fraction of sp³-hybridized carbons (Fsp3) is 0.538. The van der Waals surface area contributed by atoms with Crippen LogP contribution in [0.15, 0.2) is 18.3 Å². The number of piperidine rings is 1. The van der Waals surface area contributed by atoms with Crippen molar-refractivity contribution in [3.05, 3.63) is 29.0 Å². The maximum Gasteiger partial charge on any atom is 0.272 e. The van der Waals surface area contributed by atoms with Gasteiger partial charge < -0.3 is 4.90 Å². The Bertz CT molecular complexity index is 408. The van der Waals surface area contributed by atoms with Gasteiger partial charge in [0.25, 0.3) is 5.91 Å². The second-order valence-electron chi connectivity index (χ2n) is 4.53. The van der Waals surface area contributed by atoms with E-state index in [4.69, 9.17) is 11.6 Å². The van der Waals surface area contributed by atoms with Gasteiger partial charge in [0.15, 0.2) is 0 Å². The molecule has 0 saturated carbocycles. The van der Waals surface area contributed by atoms with Crippen molar-refractivity contribution in [2.24, 2.45) is 5.92 Å². The molecule has 2 heterocycles. The van der Waals surface area contributed by atoms with E-state index in [2.05, 4.69) is 11.9 Å². The molecule has 1 fully saturated rings. The van der Waals surface area contributed by atoms with E-state index in [1.165, 1.54) is 6.42 Å². The van der Waals surface area contributed by atoms with Crippen LogP contribution in [0.1, 0.15) is 36.7 Å². The molecule has 1 saturated heterocycles. The Morgan fingerprint density at radius 3 is 3.18 bits per heavy atom. The molecule has 1 aliphatic heterocycles. The van der Waals surface area contributed by atoms with Gasteiger partial charge in [-0.1, -0.05) is 24.9 Å². The third-order valence-corrected chi connectivity index (χ3v) is 3.56. The average molecular weight is 253 g/mol. The first-order valence-corrected chi connectivity index (χ1v) is 6.49. The number of amides is 1. The Morgan fingerprint density at radius 1 is 1.65 bits per heavy atom. The standard InChI is InChI=1S/C13H17ClN2O/c1-2-10-4-3-7-16(9-10)13(17)12-8-11(14)5-6-15-12/h5-6,8,10H,2-4,7,9H2,1H3. The Labute approximate surface area is 107 Å². The van der Waals surface area contributed by atoms with Crippen LogP contribution in [0.25, 0.3) is 0 Å². The molecule has 0 radical (unpaired) electrons. The van der Waals surface area contributed by atoms with Crippen LogP contribution in [0.4, 0.5) is 0 Å². The SMILES string of the molecule is CCC1CCCN(C(=O)c2cc(Cl)ccn2)C1. The molecule has 0 aliphatic carbocycles. The van der Waals surface area contributed by atoms with Crippen LogP contribution in [0.5, 0.6) is 0 Å². The van der Waals surface area contributed by atoms with E-state index in [1.807, 2.05) is 4.90 Å². The van der Waals surface area contributed by atoms with E-state index in [0.29, 0.717) is 16.6 Å². The summed E-state index contributed by atoms with van der Waals surface area (Å²) < 4.78 is 0. The molecule has 0 bridgehead atoms.